The van der Waals surface area contributed by atoms with Gasteiger partial charge >= 0.3 is 0 Å². The summed E-state index contributed by atoms with van der Waals surface area (Å²) in [4.78, 5) is 15.0. The van der Waals surface area contributed by atoms with Gasteiger partial charge < -0.3 is 15.4 Å². The molecule has 3 rings (SSSR count). The summed E-state index contributed by atoms with van der Waals surface area (Å²) in [6.07, 6.45) is 4.55. The highest BCUT2D eigenvalue weighted by Crippen LogP contribution is 2.16. The normalized spacial score (nSPS) is 15.2. The second-order valence-corrected chi connectivity index (χ2v) is 6.56. The van der Waals surface area contributed by atoms with Gasteiger partial charge in [-0.2, -0.15) is 5.10 Å². The van der Waals surface area contributed by atoms with Gasteiger partial charge in [-0.05, 0) is 31.2 Å². The summed E-state index contributed by atoms with van der Waals surface area (Å²) in [6, 6.07) is 7.65. The van der Waals surface area contributed by atoms with Crippen LogP contribution in [0.4, 0.5) is 5.69 Å². The highest BCUT2D eigenvalue weighted by Gasteiger charge is 2.20. The fourth-order valence-electron chi connectivity index (χ4n) is 3.12. The Morgan fingerprint density at radius 3 is 2.46 bits per heavy atom. The van der Waals surface area contributed by atoms with Gasteiger partial charge in [-0.25, -0.2) is 0 Å². The van der Waals surface area contributed by atoms with Crippen LogP contribution in [-0.4, -0.2) is 60.5 Å². The number of hydrogen-bond acceptors (Lipinski definition) is 5. The van der Waals surface area contributed by atoms with Gasteiger partial charge in [-0.15, -0.1) is 24.8 Å². The summed E-state index contributed by atoms with van der Waals surface area (Å²) in [5, 5.41) is 10.1. The Bertz CT molecular complexity index is 717. The molecule has 1 aliphatic rings. The number of halogens is 2. The number of benzene rings is 1. The summed E-state index contributed by atoms with van der Waals surface area (Å²) in [7, 11) is 3.61. The Balaban J connectivity index is 0.00000196. The van der Waals surface area contributed by atoms with E-state index in [-0.39, 0.29) is 30.7 Å². The number of carbonyl (C=O) groups excluding carboxylic acids is 1. The number of likely N-dealkylation sites (N-methyl/N-ethyl adjacent to an activating group) is 1. The van der Waals surface area contributed by atoms with Gasteiger partial charge in [0.15, 0.2) is 0 Å². The Labute approximate surface area is 178 Å². The van der Waals surface area contributed by atoms with Crippen molar-refractivity contribution < 1.29 is 9.53 Å². The zero-order valence-electron chi connectivity index (χ0n) is 16.3. The van der Waals surface area contributed by atoms with E-state index in [1.54, 1.807) is 17.9 Å². The lowest BCUT2D eigenvalue weighted by molar-refractivity contribution is -0.118. The molecule has 2 heterocycles. The Morgan fingerprint density at radius 2 is 1.89 bits per heavy atom. The fraction of sp³-hybridized carbons (Fsp3) is 0.474. The minimum atomic E-state index is -0.426. The van der Waals surface area contributed by atoms with E-state index >= 15 is 0 Å². The van der Waals surface area contributed by atoms with E-state index < -0.39 is 6.04 Å². The molecule has 9 heteroatoms. The maximum atomic E-state index is 12.5. The van der Waals surface area contributed by atoms with E-state index in [2.05, 4.69) is 32.8 Å². The number of rotatable bonds is 7. The number of aryl methyl sites for hydroxylation is 1. The highest BCUT2D eigenvalue weighted by atomic mass is 35.5. The van der Waals surface area contributed by atoms with E-state index in [1.807, 2.05) is 25.4 Å². The molecule has 2 aromatic rings. The number of ether oxygens (including phenoxy) is 1. The maximum Gasteiger partial charge on any atom is 0.246 e. The molecule has 0 saturated carbocycles. The number of anilines is 1. The molecule has 156 valence electrons. The largest absolute Gasteiger partial charge is 0.379 e. The third kappa shape index (κ3) is 6.76. The second-order valence-electron chi connectivity index (χ2n) is 6.56. The quantitative estimate of drug-likeness (QED) is 0.704. The van der Waals surface area contributed by atoms with E-state index in [0.717, 1.165) is 50.5 Å². The molecule has 7 nitrogen and oxygen atoms in total. The van der Waals surface area contributed by atoms with Gasteiger partial charge in [0, 0.05) is 44.1 Å². The monoisotopic (exact) mass is 429 g/mol. The second kappa shape index (κ2) is 12.0. The number of morpholine rings is 1. The lowest BCUT2D eigenvalue weighted by Crippen LogP contribution is -2.37. The molecule has 0 bridgehead atoms. The number of amides is 1. The van der Waals surface area contributed by atoms with E-state index in [1.165, 1.54) is 5.56 Å². The minimum absolute atomic E-state index is 0. The van der Waals surface area contributed by atoms with Crippen LogP contribution in [0.5, 0.6) is 0 Å². The predicted octanol–water partition coefficient (Wildman–Crippen LogP) is 2.04. The Hall–Kier alpha value is -1.64. The number of aromatic nitrogens is 2. The van der Waals surface area contributed by atoms with Crippen LogP contribution in [0.3, 0.4) is 0 Å². The third-order valence-electron chi connectivity index (χ3n) is 4.65. The van der Waals surface area contributed by atoms with Crippen molar-refractivity contribution in [3.63, 3.8) is 0 Å². The van der Waals surface area contributed by atoms with Gasteiger partial charge in [0.05, 0.1) is 19.4 Å². The molecule has 1 aromatic carbocycles. The number of nitrogens with zero attached hydrogens (tertiary/aromatic N) is 3. The van der Waals surface area contributed by atoms with Crippen molar-refractivity contribution in [3.05, 3.63) is 47.8 Å². The molecule has 1 amide bonds. The van der Waals surface area contributed by atoms with Gasteiger partial charge in [0.1, 0.15) is 6.04 Å². The van der Waals surface area contributed by atoms with Crippen molar-refractivity contribution >= 4 is 36.4 Å². The standard InChI is InChI=1S/C19H27N5O2.2ClH/c1-20-18(16-13-21-23(2)14-16)19(25)22-17-5-3-15(4-6-17)7-8-24-9-11-26-12-10-24;;/h3-6,13-14,18,20H,7-12H2,1-2H3,(H,22,25);2*1H. The first kappa shape index (κ1) is 24.4. The van der Waals surface area contributed by atoms with E-state index in [0.29, 0.717) is 0 Å². The van der Waals surface area contributed by atoms with Gasteiger partial charge in [-0.1, -0.05) is 12.1 Å². The molecule has 1 aromatic heterocycles. The number of carbonyl (C=O) groups is 1. The Morgan fingerprint density at radius 1 is 1.21 bits per heavy atom. The first-order chi connectivity index (χ1) is 12.7. The topological polar surface area (TPSA) is 71.4 Å². The van der Waals surface area contributed by atoms with Gasteiger partial charge in [0.2, 0.25) is 5.91 Å². The zero-order chi connectivity index (χ0) is 18.4. The predicted molar refractivity (Wildman–Crippen MR) is 116 cm³/mol. The lowest BCUT2D eigenvalue weighted by atomic mass is 10.1. The molecule has 1 atom stereocenters. The summed E-state index contributed by atoms with van der Waals surface area (Å²) in [5.74, 6) is -0.0958. The summed E-state index contributed by atoms with van der Waals surface area (Å²) in [6.45, 7) is 4.71. The molecule has 0 spiro atoms. The lowest BCUT2D eigenvalue weighted by Gasteiger charge is -2.26. The first-order valence-electron chi connectivity index (χ1n) is 9.01. The molecule has 28 heavy (non-hydrogen) atoms. The van der Waals surface area contributed by atoms with Crippen molar-refractivity contribution in [1.29, 1.82) is 0 Å². The van der Waals surface area contributed by atoms with Crippen LogP contribution >= 0.6 is 24.8 Å². The van der Waals surface area contributed by atoms with Crippen LogP contribution in [0.2, 0.25) is 0 Å². The smallest absolute Gasteiger partial charge is 0.246 e. The minimum Gasteiger partial charge on any atom is -0.379 e. The molecule has 1 saturated heterocycles. The number of nitrogens with one attached hydrogen (secondary N) is 2. The van der Waals surface area contributed by atoms with Crippen LogP contribution in [0.15, 0.2) is 36.7 Å². The van der Waals surface area contributed by atoms with Crippen LogP contribution < -0.4 is 10.6 Å². The van der Waals surface area contributed by atoms with Crippen LogP contribution in [-0.2, 0) is 23.0 Å². The molecular weight excluding hydrogens is 401 g/mol. The first-order valence-corrected chi connectivity index (χ1v) is 9.01. The molecule has 2 N–H and O–H groups in total. The molecule has 1 aliphatic heterocycles. The SMILES string of the molecule is CNC(C(=O)Nc1ccc(CCN2CCOCC2)cc1)c1cnn(C)c1.Cl.Cl. The van der Waals surface area contributed by atoms with Crippen LogP contribution in [0.25, 0.3) is 0 Å². The average molecular weight is 430 g/mol. The molecule has 1 unspecified atom stereocenters. The summed E-state index contributed by atoms with van der Waals surface area (Å²) in [5.41, 5.74) is 2.91. The van der Waals surface area contributed by atoms with E-state index in [9.17, 15) is 4.79 Å². The van der Waals surface area contributed by atoms with Crippen LogP contribution in [0, 0.1) is 0 Å². The molecule has 1 fully saturated rings. The third-order valence-corrected chi connectivity index (χ3v) is 4.65. The summed E-state index contributed by atoms with van der Waals surface area (Å²) < 4.78 is 7.06. The number of hydrogen-bond donors (Lipinski definition) is 2. The van der Waals surface area contributed by atoms with Crippen molar-refractivity contribution in [2.24, 2.45) is 7.05 Å². The van der Waals surface area contributed by atoms with Crippen molar-refractivity contribution in [1.82, 2.24) is 20.0 Å². The highest BCUT2D eigenvalue weighted by molar-refractivity contribution is 5.95. The molecule has 0 radical (unpaired) electrons. The average Bonchev–Trinajstić information content (AvgIpc) is 3.08. The fourth-order valence-corrected chi connectivity index (χ4v) is 3.12. The van der Waals surface area contributed by atoms with E-state index in [4.69, 9.17) is 4.74 Å². The van der Waals surface area contributed by atoms with Crippen molar-refractivity contribution in [2.75, 3.05) is 45.2 Å². The van der Waals surface area contributed by atoms with Crippen molar-refractivity contribution in [3.8, 4) is 0 Å². The zero-order valence-corrected chi connectivity index (χ0v) is 17.9. The molecule has 0 aliphatic carbocycles. The van der Waals surface area contributed by atoms with Gasteiger partial charge in [0.25, 0.3) is 0 Å². The summed E-state index contributed by atoms with van der Waals surface area (Å²) >= 11 is 0. The van der Waals surface area contributed by atoms with Crippen LogP contribution in [0.1, 0.15) is 17.2 Å². The van der Waals surface area contributed by atoms with Gasteiger partial charge in [-0.3, -0.25) is 14.4 Å². The Kier molecular flexibility index (Phi) is 10.5. The molecular formula is C19H29Cl2N5O2. The van der Waals surface area contributed by atoms with Crippen molar-refractivity contribution in [2.45, 2.75) is 12.5 Å². The maximum absolute atomic E-state index is 12.5.